The Bertz CT molecular complexity index is 439. The minimum atomic E-state index is -0.426. The molecule has 0 bridgehead atoms. The van der Waals surface area contributed by atoms with Gasteiger partial charge in [-0.25, -0.2) is 0 Å². The molecular weight excluding hydrogens is 204 g/mol. The molecule has 0 saturated carbocycles. The number of rotatable bonds is 2. The first-order valence-corrected chi connectivity index (χ1v) is 4.39. The van der Waals surface area contributed by atoms with E-state index in [0.29, 0.717) is 11.5 Å². The van der Waals surface area contributed by atoms with Crippen LogP contribution in [-0.2, 0) is 0 Å². The van der Waals surface area contributed by atoms with Gasteiger partial charge in [-0.15, -0.1) is 0 Å². The van der Waals surface area contributed by atoms with E-state index in [1.807, 2.05) is 0 Å². The highest BCUT2D eigenvalue weighted by atomic mass is 16.8. The van der Waals surface area contributed by atoms with Crippen LogP contribution in [0.5, 0.6) is 11.5 Å². The number of nitrogens with zero attached hydrogens (tertiary/aromatic N) is 1. The molecule has 5 nitrogen and oxygen atoms in total. The maximum absolute atomic E-state index is 10.4. The zero-order valence-corrected chi connectivity index (χ0v) is 8.10. The van der Waals surface area contributed by atoms with E-state index in [1.54, 1.807) is 18.2 Å². The van der Waals surface area contributed by atoms with E-state index in [0.717, 1.165) is 5.56 Å². The van der Waals surface area contributed by atoms with Gasteiger partial charge in [-0.3, -0.25) is 10.1 Å². The van der Waals surface area contributed by atoms with Crippen LogP contribution in [0.4, 0.5) is 0 Å². The van der Waals surface area contributed by atoms with Crippen LogP contribution in [0, 0.1) is 10.1 Å². The number of benzene rings is 1. The highest BCUT2D eigenvalue weighted by Crippen LogP contribution is 2.32. The average Bonchev–Trinajstić information content (AvgIpc) is 2.64. The molecule has 1 aliphatic rings. The fourth-order valence-corrected chi connectivity index (χ4v) is 1.30. The second-order valence-corrected chi connectivity index (χ2v) is 3.16. The molecule has 2 rings (SSSR count). The number of nitro groups is 1. The Hall–Kier alpha value is -2.04. The Morgan fingerprint density at radius 1 is 1.47 bits per heavy atom. The topological polar surface area (TPSA) is 61.6 Å². The van der Waals surface area contributed by atoms with Gasteiger partial charge in [0, 0.05) is 13.0 Å². The van der Waals surface area contributed by atoms with Gasteiger partial charge >= 0.3 is 0 Å². The van der Waals surface area contributed by atoms with Crippen LogP contribution >= 0.6 is 0 Å². The van der Waals surface area contributed by atoms with Gasteiger partial charge in [0.1, 0.15) is 0 Å². The maximum atomic E-state index is 10.4. The summed E-state index contributed by atoms with van der Waals surface area (Å²) in [5, 5.41) is 10.4. The molecule has 0 atom stereocenters. The lowest BCUT2D eigenvalue weighted by Crippen LogP contribution is -1.93. The molecule has 15 heavy (non-hydrogen) atoms. The molecule has 1 aliphatic heterocycles. The van der Waals surface area contributed by atoms with Crippen LogP contribution in [0.25, 0.3) is 6.08 Å². The van der Waals surface area contributed by atoms with Gasteiger partial charge in [-0.1, -0.05) is 6.07 Å². The van der Waals surface area contributed by atoms with E-state index in [-0.39, 0.29) is 12.5 Å². The molecule has 0 spiro atoms. The van der Waals surface area contributed by atoms with E-state index in [1.165, 1.54) is 13.0 Å². The summed E-state index contributed by atoms with van der Waals surface area (Å²) in [5.41, 5.74) is 0.822. The summed E-state index contributed by atoms with van der Waals surface area (Å²) in [6.07, 6.45) is 1.49. The van der Waals surface area contributed by atoms with Gasteiger partial charge in [0.05, 0.1) is 4.92 Å². The molecule has 1 aromatic carbocycles. The van der Waals surface area contributed by atoms with E-state index < -0.39 is 4.92 Å². The number of allylic oxidation sites excluding steroid dienone is 1. The fourth-order valence-electron chi connectivity index (χ4n) is 1.30. The van der Waals surface area contributed by atoms with Crippen molar-refractivity contribution in [3.63, 3.8) is 0 Å². The van der Waals surface area contributed by atoms with Gasteiger partial charge in [-0.05, 0) is 17.7 Å². The molecular formula is C10H9NO4. The van der Waals surface area contributed by atoms with Crippen molar-refractivity contribution in [1.29, 1.82) is 0 Å². The second-order valence-electron chi connectivity index (χ2n) is 3.16. The van der Waals surface area contributed by atoms with Crippen molar-refractivity contribution in [3.8, 4) is 11.5 Å². The molecule has 0 amide bonds. The summed E-state index contributed by atoms with van der Waals surface area (Å²) < 4.78 is 10.3. The lowest BCUT2D eigenvalue weighted by atomic mass is 10.5. The number of fused-ring (bicyclic) bond motifs is 1. The predicted molar refractivity (Wildman–Crippen MR) is 53.2 cm³/mol. The van der Waals surface area contributed by atoms with Gasteiger partial charge in [0.2, 0.25) is 12.5 Å². The van der Waals surface area contributed by atoms with Crippen molar-refractivity contribution in [3.05, 3.63) is 39.6 Å². The predicted octanol–water partition coefficient (Wildman–Crippen LogP) is 2.05. The Morgan fingerprint density at radius 2 is 2.20 bits per heavy atom. The smallest absolute Gasteiger partial charge is 0.243 e. The molecule has 78 valence electrons. The normalized spacial score (nSPS) is 14.1. The maximum Gasteiger partial charge on any atom is 0.243 e. The Morgan fingerprint density at radius 3 is 2.93 bits per heavy atom. The zero-order valence-electron chi connectivity index (χ0n) is 8.10. The van der Waals surface area contributed by atoms with E-state index >= 15 is 0 Å². The molecule has 0 saturated heterocycles. The largest absolute Gasteiger partial charge is 0.454 e. The van der Waals surface area contributed by atoms with E-state index in [2.05, 4.69) is 0 Å². The summed E-state index contributed by atoms with van der Waals surface area (Å²) >= 11 is 0. The first-order valence-electron chi connectivity index (χ1n) is 4.39. The molecule has 0 aliphatic carbocycles. The molecule has 0 aromatic heterocycles. The summed E-state index contributed by atoms with van der Waals surface area (Å²) in [4.78, 5) is 9.99. The number of ether oxygens (including phenoxy) is 2. The van der Waals surface area contributed by atoms with Crippen LogP contribution in [0.3, 0.4) is 0 Å². The highest BCUT2D eigenvalue weighted by molar-refractivity contribution is 5.57. The van der Waals surface area contributed by atoms with Crippen molar-refractivity contribution in [2.75, 3.05) is 6.79 Å². The number of hydrogen-bond acceptors (Lipinski definition) is 4. The lowest BCUT2D eigenvalue weighted by molar-refractivity contribution is -0.422. The van der Waals surface area contributed by atoms with Gasteiger partial charge in [0.25, 0.3) is 0 Å². The summed E-state index contributed by atoms with van der Waals surface area (Å²) in [6, 6.07) is 5.21. The van der Waals surface area contributed by atoms with Gasteiger partial charge in [0.15, 0.2) is 11.5 Å². The Labute approximate surface area is 86.1 Å². The first kappa shape index (κ1) is 9.51. The van der Waals surface area contributed by atoms with Crippen molar-refractivity contribution in [2.24, 2.45) is 0 Å². The van der Waals surface area contributed by atoms with Gasteiger partial charge in [-0.2, -0.15) is 0 Å². The molecule has 0 N–H and O–H groups in total. The van der Waals surface area contributed by atoms with E-state index in [4.69, 9.17) is 9.47 Å². The van der Waals surface area contributed by atoms with E-state index in [9.17, 15) is 10.1 Å². The molecule has 0 unspecified atom stereocenters. The minimum absolute atomic E-state index is 0.0915. The third kappa shape index (κ3) is 1.90. The highest BCUT2D eigenvalue weighted by Gasteiger charge is 2.13. The van der Waals surface area contributed by atoms with Crippen molar-refractivity contribution < 1.29 is 14.4 Å². The molecule has 5 heteroatoms. The van der Waals surface area contributed by atoms with Crippen molar-refractivity contribution in [1.82, 2.24) is 0 Å². The lowest BCUT2D eigenvalue weighted by Gasteiger charge is -1.97. The van der Waals surface area contributed by atoms with Crippen LogP contribution < -0.4 is 9.47 Å². The molecule has 1 aromatic rings. The van der Waals surface area contributed by atoms with Crippen LogP contribution in [-0.4, -0.2) is 11.7 Å². The van der Waals surface area contributed by atoms with Crippen molar-refractivity contribution >= 4 is 6.08 Å². The monoisotopic (exact) mass is 213 g/mol. The molecule has 0 radical (unpaired) electrons. The first-order chi connectivity index (χ1) is 7.16. The minimum Gasteiger partial charge on any atom is -0.454 e. The standard InChI is InChI=1S/C10H9NO4/c1-7(11(12)13)4-8-2-3-9-10(5-8)15-6-14-9/h2-5H,6H2,1H3/i2+1,3+1,5+1,8+1,9+1,10+1. The Balaban J connectivity index is 2.31. The van der Waals surface area contributed by atoms with Crippen LogP contribution in [0.15, 0.2) is 23.9 Å². The Kier molecular flexibility index (Phi) is 2.29. The van der Waals surface area contributed by atoms with Crippen LogP contribution in [0.1, 0.15) is 12.5 Å². The summed E-state index contributed by atoms with van der Waals surface area (Å²) in [7, 11) is 0. The summed E-state index contributed by atoms with van der Waals surface area (Å²) in [6.45, 7) is 1.65. The number of hydrogen-bond donors (Lipinski definition) is 0. The fraction of sp³-hybridized carbons (Fsp3) is 0.200. The van der Waals surface area contributed by atoms with Gasteiger partial charge < -0.3 is 9.47 Å². The SMILES string of the molecule is CC(=C[13c]1[13cH][13cH][13c]2[13c]([13cH]1)OCO2)[N+](=O)[O-]. The summed E-state index contributed by atoms with van der Waals surface area (Å²) in [5.74, 6) is 1.30. The average molecular weight is 213 g/mol. The molecule has 0 fully saturated rings. The molecule has 1 heterocycles. The van der Waals surface area contributed by atoms with Crippen LogP contribution in [0.2, 0.25) is 0 Å². The third-order valence-corrected chi connectivity index (χ3v) is 2.06. The third-order valence-electron chi connectivity index (χ3n) is 2.06. The second kappa shape index (κ2) is 3.61. The van der Waals surface area contributed by atoms with Crippen molar-refractivity contribution in [2.45, 2.75) is 6.92 Å². The quantitative estimate of drug-likeness (QED) is 0.557. The zero-order chi connectivity index (χ0) is 10.8.